The average molecular weight is 234 g/mol. The number of halogens is 1. The number of hydrogen-bond donors (Lipinski definition) is 1. The van der Waals surface area contributed by atoms with Gasteiger partial charge in [0.1, 0.15) is 24.2 Å². The van der Waals surface area contributed by atoms with E-state index in [4.69, 9.17) is 0 Å². The van der Waals surface area contributed by atoms with Crippen molar-refractivity contribution in [3.8, 4) is 5.69 Å². The predicted molar refractivity (Wildman–Crippen MR) is 63.3 cm³/mol. The average Bonchev–Trinajstić information content (AvgIpc) is 2.79. The number of benzene rings is 1. The minimum Gasteiger partial charge on any atom is -0.310 e. The second-order valence-electron chi connectivity index (χ2n) is 4.12. The molecule has 2 rings (SSSR count). The van der Waals surface area contributed by atoms with Crippen molar-refractivity contribution in [1.82, 2.24) is 20.1 Å². The minimum atomic E-state index is -0.293. The number of rotatable bonds is 4. The van der Waals surface area contributed by atoms with Gasteiger partial charge in [-0.15, -0.1) is 0 Å². The summed E-state index contributed by atoms with van der Waals surface area (Å²) in [6.07, 6.45) is 2.89. The van der Waals surface area contributed by atoms with Crippen LogP contribution in [0.1, 0.15) is 19.4 Å². The molecule has 0 saturated carbocycles. The fourth-order valence-corrected chi connectivity index (χ4v) is 1.60. The summed E-state index contributed by atoms with van der Waals surface area (Å²) in [4.78, 5) is 3.84. The van der Waals surface area contributed by atoms with E-state index in [1.165, 1.54) is 23.4 Å². The van der Waals surface area contributed by atoms with Crippen LogP contribution in [0.25, 0.3) is 5.69 Å². The lowest BCUT2D eigenvalue weighted by molar-refractivity contribution is 0.573. The normalized spacial score (nSPS) is 11.1. The molecule has 0 saturated heterocycles. The molecular weight excluding hydrogens is 219 g/mol. The van der Waals surface area contributed by atoms with Crippen molar-refractivity contribution in [2.24, 2.45) is 0 Å². The van der Waals surface area contributed by atoms with E-state index in [-0.39, 0.29) is 5.82 Å². The van der Waals surface area contributed by atoms with Crippen LogP contribution in [-0.2, 0) is 6.54 Å². The molecule has 1 aromatic heterocycles. The van der Waals surface area contributed by atoms with Crippen LogP contribution < -0.4 is 5.32 Å². The fourth-order valence-electron chi connectivity index (χ4n) is 1.60. The van der Waals surface area contributed by atoms with E-state index >= 15 is 0 Å². The Balaban J connectivity index is 2.35. The topological polar surface area (TPSA) is 42.7 Å². The van der Waals surface area contributed by atoms with Gasteiger partial charge < -0.3 is 5.32 Å². The Kier molecular flexibility index (Phi) is 3.49. The molecule has 0 fully saturated rings. The molecule has 5 heteroatoms. The minimum absolute atomic E-state index is 0.293. The van der Waals surface area contributed by atoms with Crippen molar-refractivity contribution in [2.75, 3.05) is 0 Å². The monoisotopic (exact) mass is 234 g/mol. The van der Waals surface area contributed by atoms with Gasteiger partial charge in [0.2, 0.25) is 0 Å². The van der Waals surface area contributed by atoms with Gasteiger partial charge in [-0.3, -0.25) is 0 Å². The van der Waals surface area contributed by atoms with Crippen LogP contribution >= 0.6 is 0 Å². The maximum absolute atomic E-state index is 13.8. The SMILES string of the molecule is CC(C)NCc1cccc(F)c1-n1cncn1. The second-order valence-corrected chi connectivity index (χ2v) is 4.12. The molecule has 0 atom stereocenters. The molecule has 0 bridgehead atoms. The lowest BCUT2D eigenvalue weighted by Gasteiger charge is -2.12. The lowest BCUT2D eigenvalue weighted by Crippen LogP contribution is -2.23. The molecule has 17 heavy (non-hydrogen) atoms. The van der Waals surface area contributed by atoms with Gasteiger partial charge in [0, 0.05) is 12.6 Å². The molecule has 0 unspecified atom stereocenters. The Hall–Kier alpha value is -1.75. The number of nitrogens with one attached hydrogen (secondary N) is 1. The van der Waals surface area contributed by atoms with Crippen LogP contribution in [0.2, 0.25) is 0 Å². The van der Waals surface area contributed by atoms with Gasteiger partial charge in [0.15, 0.2) is 0 Å². The number of nitrogens with zero attached hydrogens (tertiary/aromatic N) is 3. The van der Waals surface area contributed by atoms with E-state index in [1.807, 2.05) is 6.07 Å². The Morgan fingerprint density at radius 1 is 1.41 bits per heavy atom. The molecule has 0 radical (unpaired) electrons. The number of aromatic nitrogens is 3. The van der Waals surface area contributed by atoms with Crippen molar-refractivity contribution in [1.29, 1.82) is 0 Å². The molecule has 90 valence electrons. The Morgan fingerprint density at radius 3 is 2.88 bits per heavy atom. The van der Waals surface area contributed by atoms with Gasteiger partial charge in [-0.25, -0.2) is 14.1 Å². The first kappa shape index (κ1) is 11.7. The zero-order chi connectivity index (χ0) is 12.3. The summed E-state index contributed by atoms with van der Waals surface area (Å²) < 4.78 is 15.3. The molecule has 0 aliphatic carbocycles. The standard InChI is InChI=1S/C12H15FN4/c1-9(2)15-6-10-4-3-5-11(13)12(10)17-8-14-7-16-17/h3-5,7-9,15H,6H2,1-2H3. The van der Waals surface area contributed by atoms with Crippen LogP contribution in [0.5, 0.6) is 0 Å². The van der Waals surface area contributed by atoms with E-state index in [0.717, 1.165) is 5.56 Å². The third kappa shape index (κ3) is 2.68. The van der Waals surface area contributed by atoms with Crippen LogP contribution in [-0.4, -0.2) is 20.8 Å². The molecule has 1 heterocycles. The molecule has 1 aromatic carbocycles. The van der Waals surface area contributed by atoms with E-state index in [2.05, 4.69) is 29.2 Å². The zero-order valence-electron chi connectivity index (χ0n) is 9.89. The highest BCUT2D eigenvalue weighted by Gasteiger charge is 2.11. The predicted octanol–water partition coefficient (Wildman–Crippen LogP) is 1.90. The summed E-state index contributed by atoms with van der Waals surface area (Å²) in [6, 6.07) is 5.36. The third-order valence-corrected chi connectivity index (χ3v) is 2.42. The quantitative estimate of drug-likeness (QED) is 0.878. The van der Waals surface area contributed by atoms with E-state index in [1.54, 1.807) is 6.07 Å². The summed E-state index contributed by atoms with van der Waals surface area (Å²) >= 11 is 0. The first-order chi connectivity index (χ1) is 8.18. The highest BCUT2D eigenvalue weighted by atomic mass is 19.1. The number of hydrogen-bond acceptors (Lipinski definition) is 3. The summed E-state index contributed by atoms with van der Waals surface area (Å²) in [5, 5.41) is 7.24. The maximum Gasteiger partial charge on any atom is 0.149 e. The second kappa shape index (κ2) is 5.05. The highest BCUT2D eigenvalue weighted by Crippen LogP contribution is 2.17. The van der Waals surface area contributed by atoms with Gasteiger partial charge in [-0.1, -0.05) is 26.0 Å². The molecule has 1 N–H and O–H groups in total. The third-order valence-electron chi connectivity index (χ3n) is 2.42. The van der Waals surface area contributed by atoms with Crippen molar-refractivity contribution in [2.45, 2.75) is 26.4 Å². The summed E-state index contributed by atoms with van der Waals surface area (Å²) in [5.74, 6) is -0.293. The molecule has 0 amide bonds. The zero-order valence-corrected chi connectivity index (χ0v) is 9.89. The molecular formula is C12H15FN4. The van der Waals surface area contributed by atoms with Crippen molar-refractivity contribution in [3.05, 3.63) is 42.2 Å². The smallest absolute Gasteiger partial charge is 0.149 e. The molecule has 0 aliphatic heterocycles. The van der Waals surface area contributed by atoms with E-state index < -0.39 is 0 Å². The molecule has 4 nitrogen and oxygen atoms in total. The molecule has 0 spiro atoms. The van der Waals surface area contributed by atoms with Gasteiger partial charge >= 0.3 is 0 Å². The fraction of sp³-hybridized carbons (Fsp3) is 0.333. The van der Waals surface area contributed by atoms with Crippen molar-refractivity contribution < 1.29 is 4.39 Å². The van der Waals surface area contributed by atoms with Crippen LogP contribution in [0.4, 0.5) is 4.39 Å². The van der Waals surface area contributed by atoms with Gasteiger partial charge in [0.05, 0.1) is 0 Å². The number of para-hydroxylation sites is 1. The summed E-state index contributed by atoms with van der Waals surface area (Å²) in [5.41, 5.74) is 1.32. The van der Waals surface area contributed by atoms with Crippen LogP contribution in [0.3, 0.4) is 0 Å². The Morgan fingerprint density at radius 2 is 2.24 bits per heavy atom. The summed E-state index contributed by atoms with van der Waals surface area (Å²) in [6.45, 7) is 4.70. The first-order valence-electron chi connectivity index (χ1n) is 5.54. The van der Waals surface area contributed by atoms with E-state index in [9.17, 15) is 4.39 Å². The maximum atomic E-state index is 13.8. The van der Waals surface area contributed by atoms with Gasteiger partial charge in [0.25, 0.3) is 0 Å². The van der Waals surface area contributed by atoms with Crippen LogP contribution in [0.15, 0.2) is 30.9 Å². The lowest BCUT2D eigenvalue weighted by atomic mass is 10.1. The Labute approximate surface area is 99.5 Å². The van der Waals surface area contributed by atoms with E-state index in [0.29, 0.717) is 18.3 Å². The van der Waals surface area contributed by atoms with Gasteiger partial charge in [-0.05, 0) is 11.6 Å². The first-order valence-corrected chi connectivity index (χ1v) is 5.54. The Bertz CT molecular complexity index is 479. The largest absolute Gasteiger partial charge is 0.310 e. The molecule has 0 aliphatic rings. The molecule has 2 aromatic rings. The van der Waals surface area contributed by atoms with Crippen molar-refractivity contribution >= 4 is 0 Å². The highest BCUT2D eigenvalue weighted by molar-refractivity contribution is 5.41. The van der Waals surface area contributed by atoms with Gasteiger partial charge in [-0.2, -0.15) is 5.10 Å². The summed E-state index contributed by atoms with van der Waals surface area (Å²) in [7, 11) is 0. The van der Waals surface area contributed by atoms with Crippen LogP contribution in [0, 0.1) is 5.82 Å². The van der Waals surface area contributed by atoms with Crippen molar-refractivity contribution in [3.63, 3.8) is 0 Å².